The number of hydrogen-bond donors (Lipinski definition) is 1. The highest BCUT2D eigenvalue weighted by molar-refractivity contribution is 6.11. The van der Waals surface area contributed by atoms with E-state index in [0.717, 1.165) is 27.6 Å². The van der Waals surface area contributed by atoms with E-state index in [1.807, 2.05) is 46.8 Å². The molecular weight excluding hydrogens is 621 g/mol. The van der Waals surface area contributed by atoms with E-state index in [0.29, 0.717) is 0 Å². The first-order chi connectivity index (χ1) is 25.2. The number of fused-ring (bicyclic) bond motifs is 6. The van der Waals surface area contributed by atoms with Crippen LogP contribution in [0.4, 0.5) is 0 Å². The summed E-state index contributed by atoms with van der Waals surface area (Å²) in [6, 6.07) is 49.9. The summed E-state index contributed by atoms with van der Waals surface area (Å²) in [6.45, 7) is 13.2. The molecule has 1 atom stereocenters. The van der Waals surface area contributed by atoms with E-state index in [2.05, 4.69) is 162 Å². The number of rotatable bonds is 4. The average Bonchev–Trinajstić information content (AvgIpc) is 3.75. The number of hydrogen-bond acceptors (Lipinski definition) is 2. The van der Waals surface area contributed by atoms with Crippen LogP contribution in [-0.4, -0.2) is 4.57 Å². The molecule has 0 radical (unpaired) electrons. The number of benzene rings is 6. The van der Waals surface area contributed by atoms with Crippen LogP contribution in [0.3, 0.4) is 0 Å². The number of nitrogens with one attached hydrogen (secondary N) is 1. The van der Waals surface area contributed by atoms with Crippen LogP contribution in [0.25, 0.3) is 66.1 Å². The lowest BCUT2D eigenvalue weighted by Crippen LogP contribution is -2.16. The SMILES string of the molecule is C1=CC(c2ccccc2)=CC(c2ccc(-n3c4ccccc4c4cc(-c5ccc6oc7ccccc7c6c5)ccc43)cc2)N1.C=CC.CC.CC. The maximum absolute atomic E-state index is 6.08. The summed E-state index contributed by atoms with van der Waals surface area (Å²) >= 11 is 0. The van der Waals surface area contributed by atoms with Gasteiger partial charge in [-0.1, -0.05) is 125 Å². The van der Waals surface area contributed by atoms with E-state index in [1.54, 1.807) is 6.08 Å². The first-order valence-corrected chi connectivity index (χ1v) is 18.0. The van der Waals surface area contributed by atoms with Crippen LogP contribution in [0.2, 0.25) is 0 Å². The van der Waals surface area contributed by atoms with Gasteiger partial charge in [0.25, 0.3) is 0 Å². The third kappa shape index (κ3) is 6.89. The lowest BCUT2D eigenvalue weighted by atomic mass is 9.97. The van der Waals surface area contributed by atoms with Gasteiger partial charge in [-0.3, -0.25) is 0 Å². The molecule has 254 valence electrons. The predicted octanol–water partition coefficient (Wildman–Crippen LogP) is 13.8. The molecule has 0 bridgehead atoms. The van der Waals surface area contributed by atoms with Crippen molar-refractivity contribution in [3.63, 3.8) is 0 Å². The maximum Gasteiger partial charge on any atom is 0.135 e. The number of furan rings is 1. The Labute approximate surface area is 301 Å². The maximum atomic E-state index is 6.08. The van der Waals surface area contributed by atoms with Crippen LogP contribution >= 0.6 is 0 Å². The molecule has 9 rings (SSSR count). The summed E-state index contributed by atoms with van der Waals surface area (Å²) < 4.78 is 8.46. The highest BCUT2D eigenvalue weighted by atomic mass is 16.3. The molecule has 0 aliphatic carbocycles. The van der Waals surface area contributed by atoms with E-state index in [-0.39, 0.29) is 6.04 Å². The summed E-state index contributed by atoms with van der Waals surface area (Å²) in [5.74, 6) is 0. The van der Waals surface area contributed by atoms with Gasteiger partial charge in [0, 0.05) is 27.2 Å². The average molecular weight is 667 g/mol. The molecular formula is C48H46N2O. The first kappa shape index (κ1) is 34.8. The molecule has 8 aromatic rings. The number of aromatic nitrogens is 1. The molecule has 0 saturated heterocycles. The molecule has 0 amide bonds. The fraction of sp³-hybridized carbons (Fsp3) is 0.125. The number of nitrogens with zero attached hydrogens (tertiary/aromatic N) is 1. The van der Waals surface area contributed by atoms with Crippen molar-refractivity contribution in [3.8, 4) is 16.8 Å². The largest absolute Gasteiger partial charge is 0.456 e. The summed E-state index contributed by atoms with van der Waals surface area (Å²) in [5.41, 5.74) is 11.5. The molecule has 3 heteroatoms. The lowest BCUT2D eigenvalue weighted by molar-refractivity contribution is 0.669. The van der Waals surface area contributed by atoms with Crippen LogP contribution in [0.15, 0.2) is 175 Å². The normalized spacial score (nSPS) is 13.3. The number of allylic oxidation sites excluding steroid dienone is 3. The Morgan fingerprint density at radius 3 is 1.92 bits per heavy atom. The van der Waals surface area contributed by atoms with Gasteiger partial charge in [0.05, 0.1) is 17.1 Å². The standard InChI is InChI=1S/C41H28N2O.C3H6.2C2H6/c1-2-8-27(9-3-1)31-22-23-42-37(26-31)28-14-18-32(19-15-28)43-38-12-6-4-10-33(38)35-24-29(16-20-39(35)43)30-17-21-41-36(25-30)34-11-5-7-13-40(34)44-41;1-3-2;2*1-2/h1-26,37,42H;3H,1H2,2H3;2*1-2H3. The van der Waals surface area contributed by atoms with E-state index >= 15 is 0 Å². The topological polar surface area (TPSA) is 30.1 Å². The quantitative estimate of drug-likeness (QED) is 0.190. The van der Waals surface area contributed by atoms with E-state index in [9.17, 15) is 0 Å². The van der Waals surface area contributed by atoms with Crippen molar-refractivity contribution in [2.24, 2.45) is 0 Å². The smallest absolute Gasteiger partial charge is 0.135 e. The van der Waals surface area contributed by atoms with Crippen molar-refractivity contribution < 1.29 is 4.42 Å². The second-order valence-corrected chi connectivity index (χ2v) is 11.9. The van der Waals surface area contributed by atoms with E-state index in [4.69, 9.17) is 4.42 Å². The van der Waals surface area contributed by atoms with E-state index < -0.39 is 0 Å². The van der Waals surface area contributed by atoms with Crippen LogP contribution < -0.4 is 5.32 Å². The molecule has 1 aliphatic rings. The van der Waals surface area contributed by atoms with Gasteiger partial charge >= 0.3 is 0 Å². The van der Waals surface area contributed by atoms with Crippen LogP contribution in [0.1, 0.15) is 51.8 Å². The molecule has 0 fully saturated rings. The minimum atomic E-state index is 0.120. The summed E-state index contributed by atoms with van der Waals surface area (Å²) in [4.78, 5) is 0. The molecule has 6 aromatic carbocycles. The Kier molecular flexibility index (Phi) is 11.0. The van der Waals surface area contributed by atoms with Crippen molar-refractivity contribution in [2.75, 3.05) is 0 Å². The highest BCUT2D eigenvalue weighted by Gasteiger charge is 2.16. The molecule has 3 nitrogen and oxygen atoms in total. The Balaban J connectivity index is 0.000000601. The number of dihydropyridines is 1. The Bertz CT molecular complexity index is 2460. The third-order valence-electron chi connectivity index (χ3n) is 8.89. The molecule has 1 N–H and O–H groups in total. The van der Waals surface area contributed by atoms with Gasteiger partial charge in [0.1, 0.15) is 11.2 Å². The van der Waals surface area contributed by atoms with Crippen molar-refractivity contribution in [2.45, 2.75) is 40.7 Å². The molecule has 1 unspecified atom stereocenters. The molecule has 0 saturated carbocycles. The van der Waals surface area contributed by atoms with Gasteiger partial charge in [0.15, 0.2) is 0 Å². The van der Waals surface area contributed by atoms with Crippen LogP contribution in [0.5, 0.6) is 0 Å². The van der Waals surface area contributed by atoms with Gasteiger partial charge < -0.3 is 14.3 Å². The second-order valence-electron chi connectivity index (χ2n) is 11.9. The molecule has 0 spiro atoms. The Morgan fingerprint density at radius 2 is 1.18 bits per heavy atom. The minimum Gasteiger partial charge on any atom is -0.456 e. The monoisotopic (exact) mass is 666 g/mol. The first-order valence-electron chi connectivity index (χ1n) is 18.0. The highest BCUT2D eigenvalue weighted by Crippen LogP contribution is 2.37. The van der Waals surface area contributed by atoms with Gasteiger partial charge in [-0.25, -0.2) is 0 Å². The van der Waals surface area contributed by atoms with Crippen molar-refractivity contribution in [1.29, 1.82) is 0 Å². The molecule has 1 aliphatic heterocycles. The van der Waals surface area contributed by atoms with Crippen LogP contribution in [0, 0.1) is 0 Å². The van der Waals surface area contributed by atoms with Crippen molar-refractivity contribution in [1.82, 2.24) is 9.88 Å². The minimum absolute atomic E-state index is 0.120. The Hall–Kier alpha value is -6.06. The zero-order valence-corrected chi connectivity index (χ0v) is 30.2. The molecule has 2 aromatic heterocycles. The van der Waals surface area contributed by atoms with Crippen molar-refractivity contribution >= 4 is 49.3 Å². The zero-order valence-electron chi connectivity index (χ0n) is 30.2. The van der Waals surface area contributed by atoms with Crippen LogP contribution in [-0.2, 0) is 0 Å². The summed E-state index contributed by atoms with van der Waals surface area (Å²) in [5, 5.41) is 8.31. The van der Waals surface area contributed by atoms with Gasteiger partial charge in [0.2, 0.25) is 0 Å². The molecule has 51 heavy (non-hydrogen) atoms. The third-order valence-corrected chi connectivity index (χ3v) is 8.89. The summed E-state index contributed by atoms with van der Waals surface area (Å²) in [7, 11) is 0. The number of para-hydroxylation sites is 2. The second kappa shape index (κ2) is 16.1. The predicted molar refractivity (Wildman–Crippen MR) is 221 cm³/mol. The molecule has 3 heterocycles. The lowest BCUT2D eigenvalue weighted by Gasteiger charge is -2.20. The van der Waals surface area contributed by atoms with E-state index in [1.165, 1.54) is 49.6 Å². The fourth-order valence-corrected chi connectivity index (χ4v) is 6.71. The zero-order chi connectivity index (χ0) is 35.7. The summed E-state index contributed by atoms with van der Waals surface area (Å²) in [6.07, 6.45) is 8.25. The van der Waals surface area contributed by atoms with Crippen molar-refractivity contribution in [3.05, 3.63) is 182 Å². The van der Waals surface area contributed by atoms with Gasteiger partial charge in [-0.2, -0.15) is 0 Å². The Morgan fingerprint density at radius 1 is 0.588 bits per heavy atom. The van der Waals surface area contributed by atoms with Gasteiger partial charge in [-0.05, 0) is 102 Å². The fourth-order valence-electron chi connectivity index (χ4n) is 6.71. The van der Waals surface area contributed by atoms with Gasteiger partial charge in [-0.15, -0.1) is 6.58 Å².